The molecule has 2 fully saturated rings. The Morgan fingerprint density at radius 2 is 2.08 bits per heavy atom. The highest BCUT2D eigenvalue weighted by Gasteiger charge is 2.77. The van der Waals surface area contributed by atoms with Gasteiger partial charge in [0.15, 0.2) is 11.4 Å². The van der Waals surface area contributed by atoms with Gasteiger partial charge in [0.2, 0.25) is 0 Å². The van der Waals surface area contributed by atoms with Crippen molar-refractivity contribution < 1.29 is 19.4 Å². The molecular weight excluding hydrogens is 328 g/mol. The summed E-state index contributed by atoms with van der Waals surface area (Å²) in [7, 11) is 0. The maximum atomic E-state index is 13.1. The first-order valence-electron chi connectivity index (χ1n) is 9.58. The summed E-state index contributed by atoms with van der Waals surface area (Å²) in [6, 6.07) is 5.74. The van der Waals surface area contributed by atoms with Crippen molar-refractivity contribution in [3.63, 3.8) is 0 Å². The van der Waals surface area contributed by atoms with E-state index in [-0.39, 0.29) is 22.6 Å². The van der Waals surface area contributed by atoms with E-state index >= 15 is 0 Å². The van der Waals surface area contributed by atoms with E-state index in [0.29, 0.717) is 24.0 Å². The Kier molecular flexibility index (Phi) is 2.96. The third kappa shape index (κ3) is 1.62. The normalized spacial score (nSPS) is 42.2. The summed E-state index contributed by atoms with van der Waals surface area (Å²) in [6.07, 6.45) is 8.35. The lowest BCUT2D eigenvalue weighted by Crippen LogP contribution is -2.54. The van der Waals surface area contributed by atoms with Crippen LogP contribution in [0.4, 0.5) is 0 Å². The van der Waals surface area contributed by atoms with Crippen molar-refractivity contribution in [2.24, 2.45) is 16.7 Å². The number of Topliss-reactive ketones (excluding diaryl/α,β-unsaturated/α-hetero) is 1. The third-order valence-electron chi connectivity index (χ3n) is 7.99. The smallest absolute Gasteiger partial charge is 0.303 e. The molecule has 0 saturated heterocycles. The SMILES string of the molecule is CC(=O)O[C@]12C=C[C@]3(CC1=O)[C@@H]1CCc4cc(O)ccc4[C@H]1CC[C@@]32C. The van der Waals surface area contributed by atoms with E-state index in [9.17, 15) is 14.7 Å². The van der Waals surface area contributed by atoms with Crippen LogP contribution in [0.3, 0.4) is 0 Å². The minimum absolute atomic E-state index is 0.0647. The van der Waals surface area contributed by atoms with Crippen LogP contribution in [-0.4, -0.2) is 22.5 Å². The summed E-state index contributed by atoms with van der Waals surface area (Å²) in [5.74, 6) is 0.782. The number of fused-ring (bicyclic) bond motifs is 3. The fraction of sp³-hybridized carbons (Fsp3) is 0.545. The van der Waals surface area contributed by atoms with Gasteiger partial charge in [-0.2, -0.15) is 0 Å². The number of phenolic OH excluding ortho intramolecular Hbond substituents is 1. The van der Waals surface area contributed by atoms with Crippen LogP contribution in [-0.2, 0) is 20.7 Å². The molecule has 1 aromatic carbocycles. The zero-order valence-electron chi connectivity index (χ0n) is 15.2. The van der Waals surface area contributed by atoms with Gasteiger partial charge < -0.3 is 9.84 Å². The first kappa shape index (κ1) is 16.1. The zero-order chi connectivity index (χ0) is 18.3. The lowest BCUT2D eigenvalue weighted by Gasteiger charge is -2.56. The number of ether oxygens (including phenoxy) is 1. The summed E-state index contributed by atoms with van der Waals surface area (Å²) in [5, 5.41) is 9.83. The van der Waals surface area contributed by atoms with Crippen LogP contribution in [0.2, 0.25) is 0 Å². The van der Waals surface area contributed by atoms with Gasteiger partial charge in [-0.15, -0.1) is 0 Å². The van der Waals surface area contributed by atoms with E-state index in [1.54, 1.807) is 6.07 Å². The molecule has 0 spiro atoms. The van der Waals surface area contributed by atoms with Gasteiger partial charge in [0.1, 0.15) is 5.75 Å². The summed E-state index contributed by atoms with van der Waals surface area (Å²) in [6.45, 7) is 3.55. The molecule has 1 aromatic rings. The Balaban J connectivity index is 1.62. The number of aryl methyl sites for hydroxylation is 1. The van der Waals surface area contributed by atoms with Gasteiger partial charge in [-0.05, 0) is 66.9 Å². The second-order valence-electron chi connectivity index (χ2n) is 8.81. The average Bonchev–Trinajstić information content (AvgIpc) is 2.94. The molecule has 5 rings (SSSR count). The van der Waals surface area contributed by atoms with Crippen molar-refractivity contribution in [1.29, 1.82) is 0 Å². The minimum Gasteiger partial charge on any atom is -0.508 e. The van der Waals surface area contributed by atoms with Gasteiger partial charge in [-0.3, -0.25) is 9.59 Å². The summed E-state index contributed by atoms with van der Waals surface area (Å²) >= 11 is 0. The number of ketones is 1. The highest BCUT2D eigenvalue weighted by atomic mass is 16.6. The lowest BCUT2D eigenvalue weighted by molar-refractivity contribution is -0.173. The highest BCUT2D eigenvalue weighted by Crippen LogP contribution is 2.74. The summed E-state index contributed by atoms with van der Waals surface area (Å²) < 4.78 is 5.73. The van der Waals surface area contributed by atoms with Crippen molar-refractivity contribution in [2.45, 2.75) is 57.5 Å². The number of allylic oxidation sites excluding steroid dienone is 1. The van der Waals surface area contributed by atoms with E-state index < -0.39 is 5.60 Å². The molecule has 0 aliphatic heterocycles. The molecular formula is C22H24O4. The monoisotopic (exact) mass is 352 g/mol. The second kappa shape index (κ2) is 4.79. The van der Waals surface area contributed by atoms with E-state index in [0.717, 1.165) is 25.7 Å². The van der Waals surface area contributed by atoms with Crippen molar-refractivity contribution in [3.05, 3.63) is 41.5 Å². The number of hydrogen-bond donors (Lipinski definition) is 1. The third-order valence-corrected chi connectivity index (χ3v) is 7.99. The molecule has 4 heteroatoms. The molecule has 2 bridgehead atoms. The van der Waals surface area contributed by atoms with Gasteiger partial charge in [-0.1, -0.05) is 19.1 Å². The Bertz CT molecular complexity index is 871. The maximum Gasteiger partial charge on any atom is 0.303 e. The molecule has 0 aromatic heterocycles. The topological polar surface area (TPSA) is 63.6 Å². The summed E-state index contributed by atoms with van der Waals surface area (Å²) in [4.78, 5) is 24.9. The molecule has 0 unspecified atom stereocenters. The maximum absolute atomic E-state index is 13.1. The summed E-state index contributed by atoms with van der Waals surface area (Å²) in [5.41, 5.74) is 0.923. The molecule has 4 aliphatic carbocycles. The number of benzene rings is 1. The minimum atomic E-state index is -1.07. The van der Waals surface area contributed by atoms with E-state index in [4.69, 9.17) is 4.74 Å². The van der Waals surface area contributed by atoms with Crippen LogP contribution in [0, 0.1) is 16.7 Å². The lowest BCUT2D eigenvalue weighted by atomic mass is 9.48. The molecule has 136 valence electrons. The quantitative estimate of drug-likeness (QED) is 0.619. The molecule has 2 saturated carbocycles. The van der Waals surface area contributed by atoms with E-state index in [2.05, 4.69) is 19.1 Å². The van der Waals surface area contributed by atoms with Crippen LogP contribution in [0.5, 0.6) is 5.75 Å². The van der Waals surface area contributed by atoms with E-state index in [1.165, 1.54) is 18.1 Å². The molecule has 4 nitrogen and oxygen atoms in total. The van der Waals surface area contributed by atoms with Crippen molar-refractivity contribution in [3.8, 4) is 5.75 Å². The second-order valence-corrected chi connectivity index (χ2v) is 8.81. The first-order valence-corrected chi connectivity index (χ1v) is 9.58. The number of aromatic hydroxyl groups is 1. The van der Waals surface area contributed by atoms with Crippen LogP contribution in [0.25, 0.3) is 0 Å². The fourth-order valence-corrected chi connectivity index (χ4v) is 6.86. The predicted octanol–water partition coefficient (Wildman–Crippen LogP) is 3.67. The number of esters is 1. The molecule has 26 heavy (non-hydrogen) atoms. The van der Waals surface area contributed by atoms with Crippen molar-refractivity contribution >= 4 is 11.8 Å². The van der Waals surface area contributed by atoms with Gasteiger partial charge >= 0.3 is 5.97 Å². The first-order chi connectivity index (χ1) is 12.3. The predicted molar refractivity (Wildman–Crippen MR) is 95.7 cm³/mol. The van der Waals surface area contributed by atoms with Gasteiger partial charge in [-0.25, -0.2) is 0 Å². The average molecular weight is 352 g/mol. The molecule has 0 heterocycles. The standard InChI is InChI=1S/C22H24O4/c1-13(23)26-22-10-9-21(12-19(22)25)18-6-3-14-11-15(24)4-5-16(14)17(18)7-8-20(21,22)2/h4-5,9-11,17-18,24H,3,6-8,12H2,1-2H3/t17-,18-,20+,21+,22-/m1/s1. The van der Waals surface area contributed by atoms with Gasteiger partial charge in [0.05, 0.1) is 0 Å². The number of carbonyl (C=O) groups is 2. The Hall–Kier alpha value is -2.10. The Morgan fingerprint density at radius 3 is 2.81 bits per heavy atom. The number of carbonyl (C=O) groups excluding carboxylic acids is 2. The molecule has 0 radical (unpaired) electrons. The number of rotatable bonds is 1. The Labute approximate surface area is 153 Å². The van der Waals surface area contributed by atoms with E-state index in [1.807, 2.05) is 12.1 Å². The number of phenols is 1. The van der Waals surface area contributed by atoms with Crippen LogP contribution in [0.15, 0.2) is 30.4 Å². The largest absolute Gasteiger partial charge is 0.508 e. The molecule has 0 amide bonds. The van der Waals surface area contributed by atoms with Gasteiger partial charge in [0, 0.05) is 24.2 Å². The van der Waals surface area contributed by atoms with Crippen LogP contribution < -0.4 is 0 Å². The molecule has 4 aliphatic rings. The zero-order valence-corrected chi connectivity index (χ0v) is 15.2. The fourth-order valence-electron chi connectivity index (χ4n) is 6.86. The highest BCUT2D eigenvalue weighted by molar-refractivity contribution is 5.98. The van der Waals surface area contributed by atoms with Gasteiger partial charge in [0.25, 0.3) is 0 Å². The molecule has 5 atom stereocenters. The molecule has 1 N–H and O–H groups in total. The Morgan fingerprint density at radius 1 is 1.27 bits per heavy atom. The van der Waals surface area contributed by atoms with Crippen molar-refractivity contribution in [1.82, 2.24) is 0 Å². The number of hydrogen-bond acceptors (Lipinski definition) is 4. The van der Waals surface area contributed by atoms with Crippen LogP contribution in [0.1, 0.15) is 56.6 Å². The van der Waals surface area contributed by atoms with Crippen LogP contribution >= 0.6 is 0 Å². The van der Waals surface area contributed by atoms with Crippen molar-refractivity contribution in [2.75, 3.05) is 0 Å².